The lowest BCUT2D eigenvalue weighted by molar-refractivity contribution is 0.180. The number of aliphatic hydroxyl groups is 1. The smallest absolute Gasteiger partial charge is 0.0752 e. The van der Waals surface area contributed by atoms with Gasteiger partial charge in [0.15, 0.2) is 0 Å². The van der Waals surface area contributed by atoms with Crippen LogP contribution in [0, 0.1) is 0 Å². The summed E-state index contributed by atoms with van der Waals surface area (Å²) in [4.78, 5) is 0. The van der Waals surface area contributed by atoms with Gasteiger partial charge in [0.05, 0.1) is 6.10 Å². The molecule has 0 bridgehead atoms. The highest BCUT2D eigenvalue weighted by atomic mass is 16.3. The van der Waals surface area contributed by atoms with Crippen molar-refractivity contribution in [3.63, 3.8) is 0 Å². The molecule has 2 aliphatic carbocycles. The average Bonchev–Trinajstić information content (AvgIpc) is 2.06. The van der Waals surface area contributed by atoms with E-state index in [1.807, 2.05) is 0 Å². The lowest BCUT2D eigenvalue weighted by Gasteiger charge is -2.28. The fraction of sp³-hybridized carbons (Fsp3) is 0.800. The first-order valence-corrected chi connectivity index (χ1v) is 4.77. The van der Waals surface area contributed by atoms with Gasteiger partial charge in [-0.25, -0.2) is 0 Å². The first kappa shape index (κ1) is 7.35. The summed E-state index contributed by atoms with van der Waals surface area (Å²) in [5, 5.41) is 9.65. The molecule has 11 heavy (non-hydrogen) atoms. The van der Waals surface area contributed by atoms with Gasteiger partial charge in [0.1, 0.15) is 0 Å². The molecule has 0 amide bonds. The van der Waals surface area contributed by atoms with Crippen LogP contribution in [-0.2, 0) is 0 Å². The molecule has 0 unspecified atom stereocenters. The summed E-state index contributed by atoms with van der Waals surface area (Å²) in [6.07, 6.45) is 8.52. The van der Waals surface area contributed by atoms with Crippen molar-refractivity contribution in [1.82, 2.24) is 0 Å². The Morgan fingerprint density at radius 2 is 1.73 bits per heavy atom. The van der Waals surface area contributed by atoms with E-state index in [0.717, 1.165) is 6.42 Å². The summed E-state index contributed by atoms with van der Waals surface area (Å²) in [5.74, 6) is 0. The number of aliphatic hydroxyl groups excluding tert-OH is 1. The fourth-order valence-corrected chi connectivity index (χ4v) is 2.36. The van der Waals surface area contributed by atoms with Gasteiger partial charge in [-0.3, -0.25) is 0 Å². The summed E-state index contributed by atoms with van der Waals surface area (Å²) in [5.41, 5.74) is 3.00. The summed E-state index contributed by atoms with van der Waals surface area (Å²) < 4.78 is 0. The molecule has 62 valence electrons. The monoisotopic (exact) mass is 152 g/mol. The van der Waals surface area contributed by atoms with E-state index < -0.39 is 0 Å². The molecule has 0 radical (unpaired) electrons. The number of hydrogen-bond acceptors (Lipinski definition) is 1. The zero-order chi connectivity index (χ0) is 7.68. The molecule has 2 aliphatic rings. The number of allylic oxidation sites excluding steroid dienone is 1. The highest BCUT2D eigenvalue weighted by Gasteiger charge is 2.22. The van der Waals surface area contributed by atoms with Gasteiger partial charge in [-0.1, -0.05) is 5.57 Å². The van der Waals surface area contributed by atoms with Crippen LogP contribution in [0.25, 0.3) is 0 Å². The second-order valence-corrected chi connectivity index (χ2v) is 3.74. The second-order valence-electron chi connectivity index (χ2n) is 3.74. The molecule has 1 atom stereocenters. The highest BCUT2D eigenvalue weighted by Crippen LogP contribution is 2.35. The van der Waals surface area contributed by atoms with E-state index >= 15 is 0 Å². The molecule has 0 fully saturated rings. The van der Waals surface area contributed by atoms with E-state index in [1.54, 1.807) is 5.57 Å². The van der Waals surface area contributed by atoms with Crippen molar-refractivity contribution in [1.29, 1.82) is 0 Å². The summed E-state index contributed by atoms with van der Waals surface area (Å²) in [6, 6.07) is 0. The van der Waals surface area contributed by atoms with Gasteiger partial charge < -0.3 is 5.11 Å². The van der Waals surface area contributed by atoms with Gasteiger partial charge in [-0.05, 0) is 50.5 Å². The maximum absolute atomic E-state index is 9.65. The van der Waals surface area contributed by atoms with Gasteiger partial charge in [0.2, 0.25) is 0 Å². The molecule has 1 N–H and O–H groups in total. The zero-order valence-electron chi connectivity index (χ0n) is 6.97. The van der Waals surface area contributed by atoms with Gasteiger partial charge in [-0.2, -0.15) is 0 Å². The second kappa shape index (κ2) is 2.98. The molecule has 1 nitrogen and oxygen atoms in total. The van der Waals surface area contributed by atoms with E-state index in [-0.39, 0.29) is 6.10 Å². The molecule has 0 heterocycles. The Kier molecular flexibility index (Phi) is 1.99. The van der Waals surface area contributed by atoms with Crippen molar-refractivity contribution in [2.75, 3.05) is 0 Å². The van der Waals surface area contributed by atoms with Crippen LogP contribution < -0.4 is 0 Å². The van der Waals surface area contributed by atoms with E-state index in [4.69, 9.17) is 0 Å². The topological polar surface area (TPSA) is 20.2 Å². The minimum absolute atomic E-state index is 0.0703. The average molecular weight is 152 g/mol. The fourth-order valence-electron chi connectivity index (χ4n) is 2.36. The van der Waals surface area contributed by atoms with Crippen LogP contribution >= 0.6 is 0 Å². The minimum Gasteiger partial charge on any atom is -0.389 e. The van der Waals surface area contributed by atoms with Crippen LogP contribution in [0.4, 0.5) is 0 Å². The van der Waals surface area contributed by atoms with E-state index in [9.17, 15) is 5.11 Å². The highest BCUT2D eigenvalue weighted by molar-refractivity contribution is 5.23. The first-order chi connectivity index (χ1) is 5.38. The quantitative estimate of drug-likeness (QED) is 0.528. The van der Waals surface area contributed by atoms with Crippen LogP contribution in [0.3, 0.4) is 0 Å². The van der Waals surface area contributed by atoms with Crippen molar-refractivity contribution in [2.24, 2.45) is 0 Å². The SMILES string of the molecule is O[C@@H]1CCCC2=C1CCCC2. The molecular weight excluding hydrogens is 136 g/mol. The van der Waals surface area contributed by atoms with Crippen molar-refractivity contribution >= 4 is 0 Å². The van der Waals surface area contributed by atoms with E-state index in [2.05, 4.69) is 0 Å². The lowest BCUT2D eigenvalue weighted by atomic mass is 9.81. The zero-order valence-corrected chi connectivity index (χ0v) is 6.97. The maximum Gasteiger partial charge on any atom is 0.0752 e. The van der Waals surface area contributed by atoms with Crippen LogP contribution in [0.5, 0.6) is 0 Å². The van der Waals surface area contributed by atoms with Crippen LogP contribution in [0.15, 0.2) is 11.1 Å². The van der Waals surface area contributed by atoms with E-state index in [0.29, 0.717) is 0 Å². The maximum atomic E-state index is 9.65. The number of rotatable bonds is 0. The Hall–Kier alpha value is -0.300. The third kappa shape index (κ3) is 1.34. The predicted molar refractivity (Wildman–Crippen MR) is 45.4 cm³/mol. The van der Waals surface area contributed by atoms with Crippen molar-refractivity contribution in [3.8, 4) is 0 Å². The molecule has 0 saturated heterocycles. The molecule has 0 aromatic heterocycles. The Labute approximate surface area is 68.1 Å². The van der Waals surface area contributed by atoms with E-state index in [1.165, 1.54) is 44.1 Å². The Balaban J connectivity index is 2.21. The Morgan fingerprint density at radius 1 is 1.00 bits per heavy atom. The molecular formula is C10H16O. The number of hydrogen-bond donors (Lipinski definition) is 1. The van der Waals surface area contributed by atoms with Gasteiger partial charge in [0.25, 0.3) is 0 Å². The standard InChI is InChI=1S/C10H16O/c11-10-7-3-5-8-4-1-2-6-9(8)10/h10-11H,1-7H2/t10-/m1/s1. The molecule has 0 aliphatic heterocycles. The largest absolute Gasteiger partial charge is 0.389 e. The molecule has 0 aromatic rings. The first-order valence-electron chi connectivity index (χ1n) is 4.77. The van der Waals surface area contributed by atoms with Gasteiger partial charge in [0, 0.05) is 0 Å². The summed E-state index contributed by atoms with van der Waals surface area (Å²) in [7, 11) is 0. The van der Waals surface area contributed by atoms with Crippen molar-refractivity contribution in [2.45, 2.75) is 51.0 Å². The summed E-state index contributed by atoms with van der Waals surface area (Å²) in [6.45, 7) is 0. The third-order valence-corrected chi connectivity index (χ3v) is 2.99. The summed E-state index contributed by atoms with van der Waals surface area (Å²) >= 11 is 0. The Morgan fingerprint density at radius 3 is 2.55 bits per heavy atom. The normalized spacial score (nSPS) is 31.9. The molecule has 0 saturated carbocycles. The predicted octanol–water partition coefficient (Wildman–Crippen LogP) is 2.40. The lowest BCUT2D eigenvalue weighted by Crippen LogP contribution is -2.19. The molecule has 0 spiro atoms. The van der Waals surface area contributed by atoms with Crippen LogP contribution in [0.1, 0.15) is 44.9 Å². The molecule has 2 rings (SSSR count). The molecule has 1 heteroatoms. The van der Waals surface area contributed by atoms with Crippen LogP contribution in [0.2, 0.25) is 0 Å². The van der Waals surface area contributed by atoms with Gasteiger partial charge in [-0.15, -0.1) is 0 Å². The van der Waals surface area contributed by atoms with Crippen molar-refractivity contribution < 1.29 is 5.11 Å². The van der Waals surface area contributed by atoms with Gasteiger partial charge >= 0.3 is 0 Å². The Bertz CT molecular complexity index is 177. The molecule has 0 aromatic carbocycles. The van der Waals surface area contributed by atoms with Crippen molar-refractivity contribution in [3.05, 3.63) is 11.1 Å². The minimum atomic E-state index is -0.0703. The third-order valence-electron chi connectivity index (χ3n) is 2.99. The van der Waals surface area contributed by atoms with Crippen LogP contribution in [-0.4, -0.2) is 11.2 Å².